The average Bonchev–Trinajstić information content (AvgIpc) is 2.80. The van der Waals surface area contributed by atoms with Crippen molar-refractivity contribution < 1.29 is 4.74 Å². The van der Waals surface area contributed by atoms with Crippen LogP contribution >= 0.6 is 0 Å². The number of nitrogens with one attached hydrogen (secondary N) is 1. The first-order chi connectivity index (χ1) is 7.88. The van der Waals surface area contributed by atoms with E-state index in [-0.39, 0.29) is 0 Å². The molecule has 0 bridgehead atoms. The molecule has 0 spiro atoms. The largest absolute Gasteiger partial charge is 0.378 e. The Morgan fingerprint density at radius 2 is 2.25 bits per heavy atom. The van der Waals surface area contributed by atoms with Crippen LogP contribution in [0.5, 0.6) is 0 Å². The highest BCUT2D eigenvalue weighted by molar-refractivity contribution is 4.75. The fourth-order valence-electron chi connectivity index (χ4n) is 3.01. The van der Waals surface area contributed by atoms with Gasteiger partial charge in [-0.25, -0.2) is 0 Å². The Kier molecular flexibility index (Phi) is 5.07. The molecule has 1 N–H and O–H groups in total. The summed E-state index contributed by atoms with van der Waals surface area (Å²) in [6.45, 7) is 5.99. The van der Waals surface area contributed by atoms with Gasteiger partial charge >= 0.3 is 0 Å². The van der Waals surface area contributed by atoms with E-state index in [4.69, 9.17) is 4.74 Å². The van der Waals surface area contributed by atoms with Gasteiger partial charge in [-0.05, 0) is 58.2 Å². The fraction of sp³-hybridized carbons (Fsp3) is 1.00. The van der Waals surface area contributed by atoms with Gasteiger partial charge in [-0.3, -0.25) is 0 Å². The normalized spacial score (nSPS) is 32.1. The average molecular weight is 226 g/mol. The van der Waals surface area contributed by atoms with Gasteiger partial charge < -0.3 is 15.0 Å². The quantitative estimate of drug-likeness (QED) is 0.768. The standard InChI is InChI=1S/C13H26N2O/c1-14-10-12-4-2-7-15(11-12)8-6-13-5-3-9-16-13/h12-14H,2-11H2,1H3. The van der Waals surface area contributed by atoms with Crippen molar-refractivity contribution in [2.45, 2.75) is 38.2 Å². The Morgan fingerprint density at radius 3 is 3.00 bits per heavy atom. The topological polar surface area (TPSA) is 24.5 Å². The molecule has 94 valence electrons. The van der Waals surface area contributed by atoms with Crippen LogP contribution in [-0.4, -0.2) is 50.8 Å². The van der Waals surface area contributed by atoms with Gasteiger partial charge in [-0.15, -0.1) is 0 Å². The lowest BCUT2D eigenvalue weighted by atomic mass is 9.97. The molecular weight excluding hydrogens is 200 g/mol. The Labute approximate surface area is 99.5 Å². The molecule has 16 heavy (non-hydrogen) atoms. The summed E-state index contributed by atoms with van der Waals surface area (Å²) in [7, 11) is 2.06. The molecule has 0 radical (unpaired) electrons. The van der Waals surface area contributed by atoms with E-state index in [1.807, 2.05) is 0 Å². The molecule has 2 fully saturated rings. The van der Waals surface area contributed by atoms with Crippen molar-refractivity contribution in [2.24, 2.45) is 5.92 Å². The van der Waals surface area contributed by atoms with E-state index in [1.54, 1.807) is 0 Å². The second-order valence-corrected chi connectivity index (χ2v) is 5.29. The number of piperidine rings is 1. The fourth-order valence-corrected chi connectivity index (χ4v) is 3.01. The number of rotatable bonds is 5. The first-order valence-electron chi connectivity index (χ1n) is 6.87. The number of likely N-dealkylation sites (tertiary alicyclic amines) is 1. The molecule has 2 aliphatic rings. The number of ether oxygens (including phenoxy) is 1. The van der Waals surface area contributed by atoms with E-state index < -0.39 is 0 Å². The maximum atomic E-state index is 5.68. The maximum absolute atomic E-state index is 5.68. The third kappa shape index (κ3) is 3.72. The SMILES string of the molecule is CNCC1CCCN(CCC2CCCO2)C1. The summed E-state index contributed by atoms with van der Waals surface area (Å²) >= 11 is 0. The summed E-state index contributed by atoms with van der Waals surface area (Å²) in [5.74, 6) is 0.864. The summed E-state index contributed by atoms with van der Waals surface area (Å²) in [6, 6.07) is 0. The number of hydrogen-bond acceptors (Lipinski definition) is 3. The van der Waals surface area contributed by atoms with Gasteiger partial charge in [0.05, 0.1) is 6.10 Å². The summed E-state index contributed by atoms with van der Waals surface area (Å²) in [6.07, 6.45) is 7.13. The molecule has 0 saturated carbocycles. The second kappa shape index (κ2) is 6.58. The zero-order valence-corrected chi connectivity index (χ0v) is 10.6. The smallest absolute Gasteiger partial charge is 0.0588 e. The van der Waals surface area contributed by atoms with Gasteiger partial charge in [0.25, 0.3) is 0 Å². The number of nitrogens with zero attached hydrogens (tertiary/aromatic N) is 1. The summed E-state index contributed by atoms with van der Waals surface area (Å²) in [4.78, 5) is 2.63. The van der Waals surface area contributed by atoms with E-state index in [0.717, 1.165) is 12.5 Å². The van der Waals surface area contributed by atoms with Crippen LogP contribution in [0.3, 0.4) is 0 Å². The molecule has 0 aliphatic carbocycles. The minimum atomic E-state index is 0.560. The van der Waals surface area contributed by atoms with Crippen LogP contribution in [0, 0.1) is 5.92 Å². The molecular formula is C13H26N2O. The van der Waals surface area contributed by atoms with E-state index in [9.17, 15) is 0 Å². The van der Waals surface area contributed by atoms with Gasteiger partial charge in [0.15, 0.2) is 0 Å². The van der Waals surface area contributed by atoms with Crippen LogP contribution in [0.1, 0.15) is 32.1 Å². The second-order valence-electron chi connectivity index (χ2n) is 5.29. The Hall–Kier alpha value is -0.120. The van der Waals surface area contributed by atoms with E-state index in [2.05, 4.69) is 17.3 Å². The maximum Gasteiger partial charge on any atom is 0.0588 e. The van der Waals surface area contributed by atoms with Crippen molar-refractivity contribution in [1.82, 2.24) is 10.2 Å². The first-order valence-corrected chi connectivity index (χ1v) is 6.87. The predicted molar refractivity (Wildman–Crippen MR) is 66.7 cm³/mol. The van der Waals surface area contributed by atoms with Gasteiger partial charge in [0.2, 0.25) is 0 Å². The van der Waals surface area contributed by atoms with Gasteiger partial charge in [-0.1, -0.05) is 0 Å². The zero-order chi connectivity index (χ0) is 11.2. The molecule has 0 amide bonds. The van der Waals surface area contributed by atoms with Gasteiger partial charge in [-0.2, -0.15) is 0 Å². The highest BCUT2D eigenvalue weighted by Crippen LogP contribution is 2.19. The molecule has 3 heteroatoms. The molecule has 2 atom stereocenters. The van der Waals surface area contributed by atoms with Crippen LogP contribution in [0.15, 0.2) is 0 Å². The highest BCUT2D eigenvalue weighted by Gasteiger charge is 2.21. The van der Waals surface area contributed by atoms with Crippen LogP contribution in [0.25, 0.3) is 0 Å². The molecule has 0 aromatic heterocycles. The molecule has 2 rings (SSSR count). The monoisotopic (exact) mass is 226 g/mol. The Balaban J connectivity index is 1.64. The van der Waals surface area contributed by atoms with Crippen molar-refractivity contribution >= 4 is 0 Å². The molecule has 0 aromatic carbocycles. The van der Waals surface area contributed by atoms with Crippen LogP contribution in [-0.2, 0) is 4.74 Å². The van der Waals surface area contributed by atoms with Crippen molar-refractivity contribution in [1.29, 1.82) is 0 Å². The van der Waals surface area contributed by atoms with E-state index in [1.165, 1.54) is 58.3 Å². The lowest BCUT2D eigenvalue weighted by Crippen LogP contribution is -2.40. The van der Waals surface area contributed by atoms with Crippen molar-refractivity contribution in [3.8, 4) is 0 Å². The molecule has 2 heterocycles. The Morgan fingerprint density at radius 1 is 1.31 bits per heavy atom. The first kappa shape index (κ1) is 12.3. The zero-order valence-electron chi connectivity index (χ0n) is 10.6. The van der Waals surface area contributed by atoms with Crippen LogP contribution in [0.4, 0.5) is 0 Å². The molecule has 2 aliphatic heterocycles. The third-order valence-electron chi connectivity index (χ3n) is 3.89. The minimum Gasteiger partial charge on any atom is -0.378 e. The van der Waals surface area contributed by atoms with Gasteiger partial charge in [0.1, 0.15) is 0 Å². The predicted octanol–water partition coefficient (Wildman–Crippen LogP) is 1.49. The molecule has 3 nitrogen and oxygen atoms in total. The summed E-state index contributed by atoms with van der Waals surface area (Å²) in [5.41, 5.74) is 0. The van der Waals surface area contributed by atoms with E-state index >= 15 is 0 Å². The summed E-state index contributed by atoms with van der Waals surface area (Å²) < 4.78 is 5.68. The Bertz CT molecular complexity index is 190. The van der Waals surface area contributed by atoms with Gasteiger partial charge in [0, 0.05) is 19.7 Å². The van der Waals surface area contributed by atoms with Crippen LogP contribution < -0.4 is 5.32 Å². The highest BCUT2D eigenvalue weighted by atomic mass is 16.5. The third-order valence-corrected chi connectivity index (χ3v) is 3.89. The summed E-state index contributed by atoms with van der Waals surface area (Å²) in [5, 5.41) is 3.30. The minimum absolute atomic E-state index is 0.560. The molecule has 2 unspecified atom stereocenters. The van der Waals surface area contributed by atoms with Crippen molar-refractivity contribution in [3.05, 3.63) is 0 Å². The molecule has 2 saturated heterocycles. The van der Waals surface area contributed by atoms with E-state index in [0.29, 0.717) is 6.10 Å². The van der Waals surface area contributed by atoms with Crippen molar-refractivity contribution in [3.63, 3.8) is 0 Å². The number of hydrogen-bond donors (Lipinski definition) is 1. The lowest BCUT2D eigenvalue weighted by Gasteiger charge is -2.33. The van der Waals surface area contributed by atoms with Crippen molar-refractivity contribution in [2.75, 3.05) is 39.8 Å². The molecule has 0 aromatic rings. The van der Waals surface area contributed by atoms with Crippen LogP contribution in [0.2, 0.25) is 0 Å². The lowest BCUT2D eigenvalue weighted by molar-refractivity contribution is 0.0832.